The molecule has 3 aliphatic rings. The van der Waals surface area contributed by atoms with Crippen LogP contribution in [0.2, 0.25) is 0 Å². The monoisotopic (exact) mass is 207 g/mol. The summed E-state index contributed by atoms with van der Waals surface area (Å²) in [5.41, 5.74) is 5.97. The van der Waals surface area contributed by atoms with Crippen molar-refractivity contribution in [2.24, 2.45) is 29.4 Å². The van der Waals surface area contributed by atoms with E-state index >= 15 is 0 Å². The van der Waals surface area contributed by atoms with E-state index in [0.29, 0.717) is 6.04 Å². The smallest absolute Gasteiger partial charge is 0.00390 e. The standard InChI is InChI=1S/C14H25N/c15-14-5-2-10(3-6-14)7-13-9-11-1-4-12(13)8-11/h10-14H,1-9,15H2/t10?,11-,12-,13-,14?/m1/s1. The van der Waals surface area contributed by atoms with Gasteiger partial charge in [-0.3, -0.25) is 0 Å². The molecule has 0 aromatic carbocycles. The first-order valence-electron chi connectivity index (χ1n) is 7.07. The Balaban J connectivity index is 1.49. The van der Waals surface area contributed by atoms with Crippen LogP contribution in [-0.2, 0) is 0 Å². The molecule has 2 bridgehead atoms. The Labute approximate surface area is 93.8 Å². The van der Waals surface area contributed by atoms with E-state index in [1.54, 1.807) is 32.1 Å². The van der Waals surface area contributed by atoms with Crippen LogP contribution in [0.5, 0.6) is 0 Å². The van der Waals surface area contributed by atoms with Crippen LogP contribution in [0.4, 0.5) is 0 Å². The van der Waals surface area contributed by atoms with Gasteiger partial charge in [0.15, 0.2) is 0 Å². The van der Waals surface area contributed by atoms with Crippen LogP contribution in [0.15, 0.2) is 0 Å². The largest absolute Gasteiger partial charge is 0.328 e. The van der Waals surface area contributed by atoms with Gasteiger partial charge in [-0.05, 0) is 75.0 Å². The van der Waals surface area contributed by atoms with Gasteiger partial charge in [0.25, 0.3) is 0 Å². The van der Waals surface area contributed by atoms with Crippen LogP contribution < -0.4 is 5.73 Å². The Morgan fingerprint density at radius 1 is 0.867 bits per heavy atom. The summed E-state index contributed by atoms with van der Waals surface area (Å²) in [6, 6.07) is 0.529. The zero-order chi connectivity index (χ0) is 10.3. The van der Waals surface area contributed by atoms with Crippen molar-refractivity contribution in [1.29, 1.82) is 0 Å². The Bertz CT molecular complexity index is 217. The molecule has 3 aliphatic carbocycles. The maximum Gasteiger partial charge on any atom is 0.00390 e. The predicted molar refractivity (Wildman–Crippen MR) is 63.5 cm³/mol. The van der Waals surface area contributed by atoms with Crippen molar-refractivity contribution in [1.82, 2.24) is 0 Å². The van der Waals surface area contributed by atoms with Gasteiger partial charge in [0.05, 0.1) is 0 Å². The van der Waals surface area contributed by atoms with Gasteiger partial charge >= 0.3 is 0 Å². The third-order valence-corrected chi connectivity index (χ3v) is 5.41. The lowest BCUT2D eigenvalue weighted by Crippen LogP contribution is -2.28. The fourth-order valence-electron chi connectivity index (χ4n) is 4.52. The van der Waals surface area contributed by atoms with E-state index in [-0.39, 0.29) is 0 Å². The molecule has 3 saturated carbocycles. The summed E-state index contributed by atoms with van der Waals surface area (Å²) in [5.74, 6) is 4.41. The van der Waals surface area contributed by atoms with Gasteiger partial charge in [0, 0.05) is 6.04 Å². The van der Waals surface area contributed by atoms with Crippen LogP contribution in [0, 0.1) is 23.7 Å². The lowest BCUT2D eigenvalue weighted by Gasteiger charge is -2.31. The highest BCUT2D eigenvalue weighted by atomic mass is 14.6. The molecule has 0 spiro atoms. The summed E-state index contributed by atoms with van der Waals surface area (Å²) in [6.07, 6.45) is 13.3. The lowest BCUT2D eigenvalue weighted by atomic mass is 9.76. The predicted octanol–water partition coefficient (Wildman–Crippen LogP) is 3.33. The first kappa shape index (κ1) is 10.1. The van der Waals surface area contributed by atoms with Crippen molar-refractivity contribution in [2.75, 3.05) is 0 Å². The van der Waals surface area contributed by atoms with E-state index in [0.717, 1.165) is 23.7 Å². The molecule has 3 rings (SSSR count). The molecule has 0 aromatic heterocycles. The third-order valence-electron chi connectivity index (χ3n) is 5.41. The highest BCUT2D eigenvalue weighted by Crippen LogP contribution is 2.51. The number of hydrogen-bond acceptors (Lipinski definition) is 1. The molecule has 3 fully saturated rings. The van der Waals surface area contributed by atoms with E-state index in [9.17, 15) is 0 Å². The highest BCUT2D eigenvalue weighted by molar-refractivity contribution is 4.91. The second-order valence-electron chi connectivity index (χ2n) is 6.45. The van der Waals surface area contributed by atoms with Gasteiger partial charge in [0.2, 0.25) is 0 Å². The SMILES string of the molecule is NC1CCC(C[C@@H]2C[C@@H]3CC[C@@H]2C3)CC1. The average molecular weight is 207 g/mol. The van der Waals surface area contributed by atoms with Crippen LogP contribution in [-0.4, -0.2) is 6.04 Å². The van der Waals surface area contributed by atoms with E-state index in [2.05, 4.69) is 0 Å². The number of hydrogen-bond donors (Lipinski definition) is 1. The quantitative estimate of drug-likeness (QED) is 0.738. The fourth-order valence-corrected chi connectivity index (χ4v) is 4.52. The van der Waals surface area contributed by atoms with Crippen molar-refractivity contribution >= 4 is 0 Å². The molecule has 0 amide bonds. The minimum absolute atomic E-state index is 0.529. The second-order valence-corrected chi connectivity index (χ2v) is 6.45. The van der Waals surface area contributed by atoms with Gasteiger partial charge in [-0.2, -0.15) is 0 Å². The zero-order valence-electron chi connectivity index (χ0n) is 9.83. The summed E-state index contributed by atoms with van der Waals surface area (Å²) < 4.78 is 0. The van der Waals surface area contributed by atoms with E-state index < -0.39 is 0 Å². The minimum Gasteiger partial charge on any atom is -0.328 e. The minimum atomic E-state index is 0.529. The maximum atomic E-state index is 5.97. The number of fused-ring (bicyclic) bond motifs is 2. The molecule has 3 atom stereocenters. The van der Waals surface area contributed by atoms with Crippen molar-refractivity contribution in [3.63, 3.8) is 0 Å². The average Bonchev–Trinajstić information content (AvgIpc) is 2.83. The molecule has 0 aromatic rings. The van der Waals surface area contributed by atoms with E-state index in [4.69, 9.17) is 5.73 Å². The molecule has 2 N–H and O–H groups in total. The normalized spacial score (nSPS) is 49.8. The van der Waals surface area contributed by atoms with E-state index in [1.165, 1.54) is 25.7 Å². The molecule has 0 saturated heterocycles. The molecule has 0 radical (unpaired) electrons. The van der Waals surface area contributed by atoms with Gasteiger partial charge in [0.1, 0.15) is 0 Å². The Kier molecular flexibility index (Phi) is 2.76. The summed E-state index contributed by atoms with van der Waals surface area (Å²) in [4.78, 5) is 0. The molecule has 1 heteroatoms. The second kappa shape index (κ2) is 4.08. The van der Waals surface area contributed by atoms with Gasteiger partial charge in [-0.25, -0.2) is 0 Å². The molecular formula is C14H25N. The fraction of sp³-hybridized carbons (Fsp3) is 1.00. The van der Waals surface area contributed by atoms with Crippen LogP contribution in [0.1, 0.15) is 57.8 Å². The maximum absolute atomic E-state index is 5.97. The van der Waals surface area contributed by atoms with E-state index in [1.807, 2.05) is 0 Å². The summed E-state index contributed by atoms with van der Waals surface area (Å²) in [7, 11) is 0. The van der Waals surface area contributed by atoms with Gasteiger partial charge in [-0.15, -0.1) is 0 Å². The van der Waals surface area contributed by atoms with Crippen molar-refractivity contribution < 1.29 is 0 Å². The molecule has 0 heterocycles. The molecule has 0 unspecified atom stereocenters. The van der Waals surface area contributed by atoms with Gasteiger partial charge in [-0.1, -0.05) is 6.42 Å². The summed E-state index contributed by atoms with van der Waals surface area (Å²) >= 11 is 0. The van der Waals surface area contributed by atoms with Crippen molar-refractivity contribution in [3.8, 4) is 0 Å². The molecule has 15 heavy (non-hydrogen) atoms. The van der Waals surface area contributed by atoms with Crippen LogP contribution >= 0.6 is 0 Å². The zero-order valence-corrected chi connectivity index (χ0v) is 9.83. The molecule has 0 aliphatic heterocycles. The van der Waals surface area contributed by atoms with Crippen molar-refractivity contribution in [2.45, 2.75) is 63.8 Å². The van der Waals surface area contributed by atoms with Gasteiger partial charge < -0.3 is 5.73 Å². The Morgan fingerprint density at radius 3 is 2.27 bits per heavy atom. The molecule has 1 nitrogen and oxygen atoms in total. The first-order valence-corrected chi connectivity index (χ1v) is 7.07. The van der Waals surface area contributed by atoms with Crippen LogP contribution in [0.3, 0.4) is 0 Å². The number of rotatable bonds is 2. The summed E-state index contributed by atoms with van der Waals surface area (Å²) in [5, 5.41) is 0. The van der Waals surface area contributed by atoms with Crippen molar-refractivity contribution in [3.05, 3.63) is 0 Å². The molecule has 86 valence electrons. The van der Waals surface area contributed by atoms with Crippen LogP contribution in [0.25, 0.3) is 0 Å². The third kappa shape index (κ3) is 2.08. The number of nitrogens with two attached hydrogens (primary N) is 1. The Morgan fingerprint density at radius 2 is 1.67 bits per heavy atom. The first-order chi connectivity index (χ1) is 7.31. The Hall–Kier alpha value is -0.0400. The summed E-state index contributed by atoms with van der Waals surface area (Å²) in [6.45, 7) is 0. The topological polar surface area (TPSA) is 26.0 Å². The highest BCUT2D eigenvalue weighted by Gasteiger charge is 2.40. The molecular weight excluding hydrogens is 182 g/mol. The lowest BCUT2D eigenvalue weighted by molar-refractivity contribution is 0.221.